The van der Waals surface area contributed by atoms with Crippen LogP contribution in [0.25, 0.3) is 0 Å². The van der Waals surface area contributed by atoms with Crippen LogP contribution >= 0.6 is 12.2 Å². The van der Waals surface area contributed by atoms with Crippen LogP contribution < -0.4 is 10.5 Å². The molecule has 1 aliphatic rings. The first-order valence-corrected chi connectivity index (χ1v) is 7.63. The van der Waals surface area contributed by atoms with E-state index >= 15 is 0 Å². The van der Waals surface area contributed by atoms with E-state index in [0.29, 0.717) is 11.0 Å². The summed E-state index contributed by atoms with van der Waals surface area (Å²) in [5, 5.41) is 0. The number of nitrogens with two attached hydrogens (primary N) is 1. The lowest BCUT2D eigenvalue weighted by atomic mass is 9.93. The molecule has 0 saturated carbocycles. The monoisotopic (exact) mass is 292 g/mol. The van der Waals surface area contributed by atoms with Crippen LogP contribution in [0.1, 0.15) is 37.8 Å². The lowest BCUT2D eigenvalue weighted by Crippen LogP contribution is -2.39. The van der Waals surface area contributed by atoms with Crippen LogP contribution in [0.4, 0.5) is 0 Å². The standard InChI is InChI=1S/C16H24N2OS/c1-11-6-7-18(12(2)8-11)10-13-4-5-14(16(17)20)15(9-13)19-3/h4-5,9,11-12H,6-8,10H2,1-3H3,(H2,17,20). The van der Waals surface area contributed by atoms with Crippen molar-refractivity contribution >= 4 is 17.2 Å². The van der Waals surface area contributed by atoms with Gasteiger partial charge in [-0.1, -0.05) is 25.2 Å². The Morgan fingerprint density at radius 1 is 1.45 bits per heavy atom. The van der Waals surface area contributed by atoms with Gasteiger partial charge in [0.1, 0.15) is 10.7 Å². The minimum absolute atomic E-state index is 0.383. The molecule has 0 bridgehead atoms. The smallest absolute Gasteiger partial charge is 0.129 e. The molecule has 2 N–H and O–H groups in total. The molecular weight excluding hydrogens is 268 g/mol. The molecule has 1 aromatic carbocycles. The van der Waals surface area contributed by atoms with Crippen LogP contribution in [0.2, 0.25) is 0 Å². The number of hydrogen-bond acceptors (Lipinski definition) is 3. The molecule has 0 amide bonds. The predicted molar refractivity (Wildman–Crippen MR) is 87.2 cm³/mol. The quantitative estimate of drug-likeness (QED) is 0.866. The highest BCUT2D eigenvalue weighted by Crippen LogP contribution is 2.26. The Labute approximate surface area is 127 Å². The van der Waals surface area contributed by atoms with E-state index in [2.05, 4.69) is 30.9 Å². The Morgan fingerprint density at radius 2 is 2.20 bits per heavy atom. The van der Waals surface area contributed by atoms with Gasteiger partial charge in [0.05, 0.1) is 12.7 Å². The molecule has 2 unspecified atom stereocenters. The first-order valence-electron chi connectivity index (χ1n) is 7.22. The van der Waals surface area contributed by atoms with Crippen molar-refractivity contribution in [2.75, 3.05) is 13.7 Å². The zero-order valence-electron chi connectivity index (χ0n) is 12.6. The molecule has 0 spiro atoms. The van der Waals surface area contributed by atoms with Gasteiger partial charge in [0.15, 0.2) is 0 Å². The van der Waals surface area contributed by atoms with Gasteiger partial charge in [-0.3, -0.25) is 4.90 Å². The van der Waals surface area contributed by atoms with Gasteiger partial charge in [-0.15, -0.1) is 0 Å². The Morgan fingerprint density at radius 3 is 2.80 bits per heavy atom. The van der Waals surface area contributed by atoms with Crippen LogP contribution in [0.15, 0.2) is 18.2 Å². The summed E-state index contributed by atoms with van der Waals surface area (Å²) in [6, 6.07) is 6.76. The SMILES string of the molecule is COc1cc(CN2CCC(C)CC2C)ccc1C(N)=S. The largest absolute Gasteiger partial charge is 0.496 e. The summed E-state index contributed by atoms with van der Waals surface area (Å²) in [4.78, 5) is 2.92. The summed E-state index contributed by atoms with van der Waals surface area (Å²) < 4.78 is 5.39. The van der Waals surface area contributed by atoms with E-state index in [0.717, 1.165) is 23.8 Å². The first-order chi connectivity index (χ1) is 9.51. The van der Waals surface area contributed by atoms with Crippen LogP contribution in [-0.4, -0.2) is 29.6 Å². The lowest BCUT2D eigenvalue weighted by Gasteiger charge is -2.36. The minimum atomic E-state index is 0.383. The molecule has 1 aromatic rings. The number of hydrogen-bond donors (Lipinski definition) is 1. The highest BCUT2D eigenvalue weighted by Gasteiger charge is 2.22. The van der Waals surface area contributed by atoms with E-state index in [1.165, 1.54) is 24.9 Å². The number of methoxy groups -OCH3 is 1. The fourth-order valence-corrected chi connectivity index (χ4v) is 3.13. The molecular formula is C16H24N2OS. The van der Waals surface area contributed by atoms with Gasteiger partial charge in [-0.05, 0) is 49.9 Å². The molecule has 2 atom stereocenters. The van der Waals surface area contributed by atoms with Crippen molar-refractivity contribution in [2.45, 2.75) is 39.3 Å². The van der Waals surface area contributed by atoms with Gasteiger partial charge in [0.2, 0.25) is 0 Å². The Kier molecular flexibility index (Phi) is 5.00. The van der Waals surface area contributed by atoms with Gasteiger partial charge < -0.3 is 10.5 Å². The molecule has 2 rings (SSSR count). The molecule has 1 saturated heterocycles. The highest BCUT2D eigenvalue weighted by atomic mass is 32.1. The second-order valence-corrected chi connectivity index (χ2v) is 6.29. The molecule has 1 heterocycles. The molecule has 20 heavy (non-hydrogen) atoms. The lowest BCUT2D eigenvalue weighted by molar-refractivity contribution is 0.122. The highest BCUT2D eigenvalue weighted by molar-refractivity contribution is 7.80. The maximum absolute atomic E-state index is 5.70. The van der Waals surface area contributed by atoms with E-state index in [1.54, 1.807) is 7.11 Å². The van der Waals surface area contributed by atoms with Crippen LogP contribution in [-0.2, 0) is 6.54 Å². The zero-order chi connectivity index (χ0) is 14.7. The van der Waals surface area contributed by atoms with Crippen LogP contribution in [0, 0.1) is 5.92 Å². The van der Waals surface area contributed by atoms with Gasteiger partial charge in [0, 0.05) is 12.6 Å². The topological polar surface area (TPSA) is 38.5 Å². The molecule has 3 nitrogen and oxygen atoms in total. The summed E-state index contributed by atoms with van der Waals surface area (Å²) in [5.74, 6) is 1.61. The van der Waals surface area contributed by atoms with Crippen molar-refractivity contribution in [3.8, 4) is 5.75 Å². The zero-order valence-corrected chi connectivity index (χ0v) is 13.4. The average Bonchev–Trinajstić information content (AvgIpc) is 2.41. The average molecular weight is 292 g/mol. The third-order valence-electron chi connectivity index (χ3n) is 4.19. The normalized spacial score (nSPS) is 23.6. The number of benzene rings is 1. The summed E-state index contributed by atoms with van der Waals surface area (Å²) in [7, 11) is 1.66. The maximum Gasteiger partial charge on any atom is 0.129 e. The van der Waals surface area contributed by atoms with Gasteiger partial charge in [0.25, 0.3) is 0 Å². The number of nitrogens with zero attached hydrogens (tertiary/aromatic N) is 1. The summed E-state index contributed by atoms with van der Waals surface area (Å²) in [6.45, 7) is 6.79. The third-order valence-corrected chi connectivity index (χ3v) is 4.41. The molecule has 0 radical (unpaired) electrons. The van der Waals surface area contributed by atoms with Gasteiger partial charge in [-0.2, -0.15) is 0 Å². The second kappa shape index (κ2) is 6.55. The van der Waals surface area contributed by atoms with E-state index < -0.39 is 0 Å². The fourth-order valence-electron chi connectivity index (χ4n) is 2.96. The number of likely N-dealkylation sites (tertiary alicyclic amines) is 1. The fraction of sp³-hybridized carbons (Fsp3) is 0.562. The predicted octanol–water partition coefficient (Wildman–Crippen LogP) is 2.95. The van der Waals surface area contributed by atoms with Crippen molar-refractivity contribution in [1.82, 2.24) is 4.90 Å². The Hall–Kier alpha value is -1.13. The number of rotatable bonds is 4. The maximum atomic E-state index is 5.70. The number of thiocarbonyl (C=S) groups is 1. The summed E-state index contributed by atoms with van der Waals surface area (Å²) >= 11 is 5.04. The van der Waals surface area contributed by atoms with Crippen molar-refractivity contribution in [1.29, 1.82) is 0 Å². The summed E-state index contributed by atoms with van der Waals surface area (Å²) in [6.07, 6.45) is 2.56. The first kappa shape index (κ1) is 15.3. The van der Waals surface area contributed by atoms with Gasteiger partial charge in [-0.25, -0.2) is 0 Å². The van der Waals surface area contributed by atoms with E-state index in [1.807, 2.05) is 6.07 Å². The second-order valence-electron chi connectivity index (χ2n) is 5.85. The molecule has 1 aliphatic heterocycles. The molecule has 0 aliphatic carbocycles. The Balaban J connectivity index is 2.12. The minimum Gasteiger partial charge on any atom is -0.496 e. The number of piperidine rings is 1. The van der Waals surface area contributed by atoms with Gasteiger partial charge >= 0.3 is 0 Å². The Bertz CT molecular complexity index is 489. The van der Waals surface area contributed by atoms with E-state index in [4.69, 9.17) is 22.7 Å². The third kappa shape index (κ3) is 3.49. The van der Waals surface area contributed by atoms with Crippen molar-refractivity contribution in [2.24, 2.45) is 11.7 Å². The molecule has 110 valence electrons. The molecule has 1 fully saturated rings. The van der Waals surface area contributed by atoms with Crippen molar-refractivity contribution < 1.29 is 4.74 Å². The molecule has 0 aromatic heterocycles. The van der Waals surface area contributed by atoms with Crippen molar-refractivity contribution in [3.05, 3.63) is 29.3 Å². The summed E-state index contributed by atoms with van der Waals surface area (Å²) in [5.41, 5.74) is 7.77. The molecule has 4 heteroatoms. The van der Waals surface area contributed by atoms with E-state index in [9.17, 15) is 0 Å². The number of ether oxygens (including phenoxy) is 1. The van der Waals surface area contributed by atoms with Crippen LogP contribution in [0.5, 0.6) is 5.75 Å². The van der Waals surface area contributed by atoms with Crippen molar-refractivity contribution in [3.63, 3.8) is 0 Å². The van der Waals surface area contributed by atoms with E-state index in [-0.39, 0.29) is 0 Å². The van der Waals surface area contributed by atoms with Crippen LogP contribution in [0.3, 0.4) is 0 Å².